The Balaban J connectivity index is 2.73. The van der Waals surface area contributed by atoms with Gasteiger partial charge in [0, 0.05) is 6.08 Å². The molecule has 0 amide bonds. The van der Waals surface area contributed by atoms with Crippen LogP contribution in [0.15, 0.2) is 36.6 Å². The molecule has 9 heavy (non-hydrogen) atoms. The molecule has 0 aromatic heterocycles. The van der Waals surface area contributed by atoms with Crippen LogP contribution in [0, 0.1) is 0 Å². The van der Waals surface area contributed by atoms with Crippen molar-refractivity contribution in [1.29, 1.82) is 0 Å². The van der Waals surface area contributed by atoms with Gasteiger partial charge in [-0.05, 0) is 11.6 Å². The molecule has 0 aromatic carbocycles. The minimum atomic E-state index is 0.887. The van der Waals surface area contributed by atoms with Crippen molar-refractivity contribution < 1.29 is 4.58 Å². The summed E-state index contributed by atoms with van der Waals surface area (Å²) < 4.78 is 1.87. The van der Waals surface area contributed by atoms with Crippen molar-refractivity contribution in [3.8, 4) is 0 Å². The lowest BCUT2D eigenvalue weighted by molar-refractivity contribution is -0.437. The van der Waals surface area contributed by atoms with Crippen LogP contribution in [0.5, 0.6) is 0 Å². The third-order valence-electron chi connectivity index (χ3n) is 1.28. The molecule has 0 spiro atoms. The van der Waals surface area contributed by atoms with Gasteiger partial charge in [-0.3, -0.25) is 0 Å². The van der Waals surface area contributed by atoms with Crippen molar-refractivity contribution in [2.24, 2.45) is 0 Å². The van der Waals surface area contributed by atoms with Crippen LogP contribution in [0.2, 0.25) is 0 Å². The molecule has 46 valence electrons. The molecule has 0 aliphatic carbocycles. The first-order valence-electron chi connectivity index (χ1n) is 2.91. The lowest BCUT2D eigenvalue weighted by Crippen LogP contribution is -2.04. The van der Waals surface area contributed by atoms with Crippen LogP contribution in [0.1, 0.15) is 0 Å². The second-order valence-corrected chi connectivity index (χ2v) is 2.00. The van der Waals surface area contributed by atoms with E-state index in [1.54, 1.807) is 0 Å². The molecule has 1 aliphatic rings. The number of rotatable bonds is 1. The molecule has 0 radical (unpaired) electrons. The van der Waals surface area contributed by atoms with E-state index in [2.05, 4.69) is 19.4 Å². The van der Waals surface area contributed by atoms with Crippen LogP contribution in [0.3, 0.4) is 0 Å². The fraction of sp³-hybridized carbons (Fsp3) is 0.125. The first-order valence-corrected chi connectivity index (χ1v) is 2.91. The molecule has 0 atom stereocenters. The average molecular weight is 120 g/mol. The first-order chi connectivity index (χ1) is 4.33. The highest BCUT2D eigenvalue weighted by Gasteiger charge is 1.98. The summed E-state index contributed by atoms with van der Waals surface area (Å²) in [6, 6.07) is 0. The predicted octanol–water partition coefficient (Wildman–Crippen LogP) is 1.34. The predicted molar refractivity (Wildman–Crippen MR) is 39.7 cm³/mol. The SMILES string of the molecule is C=CC1=CC[N+](=C)C=C1. The molecular weight excluding hydrogens is 110 g/mol. The highest BCUT2D eigenvalue weighted by atomic mass is 14.9. The second kappa shape index (κ2) is 2.44. The van der Waals surface area contributed by atoms with Crippen LogP contribution in [0.25, 0.3) is 0 Å². The van der Waals surface area contributed by atoms with Gasteiger partial charge in [0.1, 0.15) is 6.72 Å². The van der Waals surface area contributed by atoms with Gasteiger partial charge in [-0.1, -0.05) is 12.7 Å². The zero-order valence-electron chi connectivity index (χ0n) is 5.38. The van der Waals surface area contributed by atoms with E-state index in [9.17, 15) is 0 Å². The molecule has 0 fully saturated rings. The maximum Gasteiger partial charge on any atom is 0.169 e. The van der Waals surface area contributed by atoms with Gasteiger partial charge in [0.15, 0.2) is 12.7 Å². The summed E-state index contributed by atoms with van der Waals surface area (Å²) in [5.41, 5.74) is 1.18. The number of hydrogen-bond acceptors (Lipinski definition) is 0. The quantitative estimate of drug-likeness (QED) is 0.459. The van der Waals surface area contributed by atoms with E-state index in [1.807, 2.05) is 22.9 Å². The monoisotopic (exact) mass is 120 g/mol. The molecule has 1 aliphatic heterocycles. The van der Waals surface area contributed by atoms with Crippen LogP contribution in [-0.4, -0.2) is 17.8 Å². The maximum atomic E-state index is 3.73. The van der Waals surface area contributed by atoms with E-state index < -0.39 is 0 Å². The molecule has 0 aromatic rings. The molecule has 0 saturated carbocycles. The number of hydrogen-bond donors (Lipinski definition) is 0. The number of allylic oxidation sites excluding steroid dienone is 3. The largest absolute Gasteiger partial charge is 0.208 e. The van der Waals surface area contributed by atoms with Gasteiger partial charge in [0.2, 0.25) is 0 Å². The molecule has 0 N–H and O–H groups in total. The summed E-state index contributed by atoms with van der Waals surface area (Å²) in [4.78, 5) is 0. The summed E-state index contributed by atoms with van der Waals surface area (Å²) in [5, 5.41) is 0. The van der Waals surface area contributed by atoms with E-state index >= 15 is 0 Å². The Morgan fingerprint density at radius 2 is 2.44 bits per heavy atom. The first kappa shape index (κ1) is 6.02. The van der Waals surface area contributed by atoms with Gasteiger partial charge in [-0.2, -0.15) is 0 Å². The smallest absolute Gasteiger partial charge is 0.169 e. The van der Waals surface area contributed by atoms with Crippen molar-refractivity contribution in [2.45, 2.75) is 0 Å². The molecular formula is C8H10N+. The Labute approximate surface area is 55.3 Å². The number of nitrogens with zero attached hydrogens (tertiary/aromatic N) is 1. The van der Waals surface area contributed by atoms with Gasteiger partial charge in [0.05, 0.1) is 0 Å². The van der Waals surface area contributed by atoms with Crippen molar-refractivity contribution in [3.63, 3.8) is 0 Å². The van der Waals surface area contributed by atoms with Crippen LogP contribution in [-0.2, 0) is 0 Å². The molecule has 1 rings (SSSR count). The second-order valence-electron chi connectivity index (χ2n) is 2.00. The molecule has 1 heteroatoms. The van der Waals surface area contributed by atoms with Crippen LogP contribution < -0.4 is 0 Å². The zero-order valence-corrected chi connectivity index (χ0v) is 5.38. The fourth-order valence-corrected chi connectivity index (χ4v) is 0.694. The van der Waals surface area contributed by atoms with E-state index in [-0.39, 0.29) is 0 Å². The fourth-order valence-electron chi connectivity index (χ4n) is 0.694. The normalized spacial score (nSPS) is 17.3. The summed E-state index contributed by atoms with van der Waals surface area (Å²) in [5.74, 6) is 0. The van der Waals surface area contributed by atoms with Crippen molar-refractivity contribution in [2.75, 3.05) is 6.54 Å². The summed E-state index contributed by atoms with van der Waals surface area (Å²) in [6.07, 6.45) is 7.85. The minimum Gasteiger partial charge on any atom is -0.208 e. The third-order valence-corrected chi connectivity index (χ3v) is 1.28. The van der Waals surface area contributed by atoms with E-state index in [1.165, 1.54) is 5.57 Å². The van der Waals surface area contributed by atoms with Gasteiger partial charge in [-0.15, -0.1) is 0 Å². The molecule has 1 nitrogen and oxygen atoms in total. The Morgan fingerprint density at radius 1 is 1.67 bits per heavy atom. The van der Waals surface area contributed by atoms with Crippen molar-refractivity contribution >= 4 is 6.72 Å². The van der Waals surface area contributed by atoms with Crippen molar-refractivity contribution in [1.82, 2.24) is 0 Å². The van der Waals surface area contributed by atoms with Gasteiger partial charge in [0.25, 0.3) is 0 Å². The average Bonchev–Trinajstić information content (AvgIpc) is 1.90. The molecule has 0 unspecified atom stereocenters. The van der Waals surface area contributed by atoms with E-state index in [4.69, 9.17) is 0 Å². The van der Waals surface area contributed by atoms with Crippen LogP contribution >= 0.6 is 0 Å². The van der Waals surface area contributed by atoms with E-state index in [0.717, 1.165) is 6.54 Å². The van der Waals surface area contributed by atoms with E-state index in [0.29, 0.717) is 0 Å². The Kier molecular flexibility index (Phi) is 1.63. The Bertz CT molecular complexity index is 197. The van der Waals surface area contributed by atoms with Gasteiger partial charge < -0.3 is 0 Å². The van der Waals surface area contributed by atoms with Gasteiger partial charge >= 0.3 is 0 Å². The lowest BCUT2D eigenvalue weighted by Gasteiger charge is -1.97. The third kappa shape index (κ3) is 1.39. The highest BCUT2D eigenvalue weighted by Crippen LogP contribution is 2.02. The highest BCUT2D eigenvalue weighted by molar-refractivity contribution is 5.30. The summed E-state index contributed by atoms with van der Waals surface area (Å²) >= 11 is 0. The lowest BCUT2D eigenvalue weighted by atomic mass is 10.2. The maximum absolute atomic E-state index is 3.73. The Morgan fingerprint density at radius 3 is 2.89 bits per heavy atom. The molecule has 1 heterocycles. The standard InChI is InChI=1S/C8H10N/c1-3-8-4-6-9(2)7-5-8/h3-6H,1-2,7H2/q+1. The van der Waals surface area contributed by atoms with Crippen molar-refractivity contribution in [3.05, 3.63) is 36.6 Å². The molecule has 0 bridgehead atoms. The Hall–Kier alpha value is -1.11. The van der Waals surface area contributed by atoms with Gasteiger partial charge in [-0.25, -0.2) is 4.58 Å². The summed E-state index contributed by atoms with van der Waals surface area (Å²) in [6.45, 7) is 8.27. The van der Waals surface area contributed by atoms with Crippen LogP contribution in [0.4, 0.5) is 0 Å². The summed E-state index contributed by atoms with van der Waals surface area (Å²) in [7, 11) is 0. The molecule has 0 saturated heterocycles. The minimum absolute atomic E-state index is 0.887. The zero-order chi connectivity index (χ0) is 6.69. The topological polar surface area (TPSA) is 3.01 Å².